The molecule has 1 saturated heterocycles. The molecule has 1 aromatic rings. The van der Waals surface area contributed by atoms with E-state index in [4.69, 9.17) is 0 Å². The van der Waals surface area contributed by atoms with Gasteiger partial charge in [0.1, 0.15) is 0 Å². The van der Waals surface area contributed by atoms with E-state index < -0.39 is 0 Å². The first-order valence-electron chi connectivity index (χ1n) is 6.51. The number of carbonyl (C=O) groups excluding carboxylic acids is 1. The molecule has 1 aromatic heterocycles. The molecule has 2 heterocycles. The minimum Gasteiger partial charge on any atom is -0.337 e. The zero-order valence-electron chi connectivity index (χ0n) is 11.3. The summed E-state index contributed by atoms with van der Waals surface area (Å²) < 4.78 is 1.95. The maximum atomic E-state index is 12.3. The van der Waals surface area contributed by atoms with Crippen molar-refractivity contribution >= 4 is 17.7 Å². The number of nitrogens with zero attached hydrogens (tertiary/aromatic N) is 3. The lowest BCUT2D eigenvalue weighted by Gasteiger charge is -2.39. The smallest absolute Gasteiger partial charge is 0.233 e. The quantitative estimate of drug-likeness (QED) is 0.789. The molecule has 1 fully saturated rings. The van der Waals surface area contributed by atoms with Gasteiger partial charge in [-0.25, -0.2) is 4.98 Å². The second-order valence-electron chi connectivity index (χ2n) is 5.04. The fraction of sp³-hybridized carbons (Fsp3) is 0.692. The molecule has 5 heteroatoms. The summed E-state index contributed by atoms with van der Waals surface area (Å²) in [4.78, 5) is 18.6. The first-order valence-corrected chi connectivity index (χ1v) is 7.49. The lowest BCUT2D eigenvalue weighted by molar-refractivity contribution is -0.134. The van der Waals surface area contributed by atoms with Crippen LogP contribution in [0.2, 0.25) is 0 Å². The van der Waals surface area contributed by atoms with Crippen LogP contribution in [-0.2, 0) is 11.8 Å². The maximum absolute atomic E-state index is 12.3. The highest BCUT2D eigenvalue weighted by molar-refractivity contribution is 7.99. The van der Waals surface area contributed by atoms with Gasteiger partial charge in [-0.05, 0) is 33.1 Å². The predicted molar refractivity (Wildman–Crippen MR) is 73.6 cm³/mol. The minimum absolute atomic E-state index is 0.239. The van der Waals surface area contributed by atoms with Crippen LogP contribution in [0.3, 0.4) is 0 Å². The molecule has 1 amide bonds. The van der Waals surface area contributed by atoms with Gasteiger partial charge < -0.3 is 9.47 Å². The Morgan fingerprint density at radius 3 is 2.67 bits per heavy atom. The molecule has 0 N–H and O–H groups in total. The number of imidazole rings is 1. The van der Waals surface area contributed by atoms with Crippen molar-refractivity contribution in [1.29, 1.82) is 0 Å². The van der Waals surface area contributed by atoms with E-state index in [1.807, 2.05) is 17.8 Å². The summed E-state index contributed by atoms with van der Waals surface area (Å²) in [6.45, 7) is 4.30. The van der Waals surface area contributed by atoms with Gasteiger partial charge in [0, 0.05) is 31.5 Å². The maximum Gasteiger partial charge on any atom is 0.233 e. The van der Waals surface area contributed by atoms with Gasteiger partial charge in [-0.2, -0.15) is 0 Å². The van der Waals surface area contributed by atoms with Gasteiger partial charge >= 0.3 is 0 Å². The molecule has 2 rings (SSSR count). The standard InChI is InChI=1S/C13H21N3OS/c1-10-5-4-6-11(2)16(10)12(17)9-18-13-14-7-8-15(13)3/h7-8,10-11H,4-6,9H2,1-3H3/t10-,11-/m1/s1. The van der Waals surface area contributed by atoms with E-state index in [-0.39, 0.29) is 5.91 Å². The molecule has 0 unspecified atom stereocenters. The zero-order chi connectivity index (χ0) is 13.1. The number of hydrogen-bond acceptors (Lipinski definition) is 3. The van der Waals surface area contributed by atoms with Crippen molar-refractivity contribution in [2.24, 2.45) is 7.05 Å². The SMILES string of the molecule is C[C@@H]1CCC[C@@H](C)N1C(=O)CSc1nccn1C. The molecule has 18 heavy (non-hydrogen) atoms. The van der Waals surface area contributed by atoms with Crippen LogP contribution >= 0.6 is 11.8 Å². The molecule has 1 aliphatic rings. The molecule has 0 bridgehead atoms. The average Bonchev–Trinajstić information content (AvgIpc) is 2.72. The van der Waals surface area contributed by atoms with Gasteiger partial charge in [-0.15, -0.1) is 0 Å². The summed E-state index contributed by atoms with van der Waals surface area (Å²) >= 11 is 1.52. The lowest BCUT2D eigenvalue weighted by atomic mass is 9.98. The zero-order valence-corrected chi connectivity index (χ0v) is 12.1. The molecule has 0 saturated carbocycles. The van der Waals surface area contributed by atoms with Gasteiger partial charge in [0.25, 0.3) is 0 Å². The molecule has 1 aliphatic heterocycles. The van der Waals surface area contributed by atoms with Crippen molar-refractivity contribution in [1.82, 2.24) is 14.5 Å². The second kappa shape index (κ2) is 5.78. The van der Waals surface area contributed by atoms with E-state index in [0.29, 0.717) is 17.8 Å². The summed E-state index contributed by atoms with van der Waals surface area (Å²) in [5.41, 5.74) is 0. The molecule has 4 nitrogen and oxygen atoms in total. The van der Waals surface area contributed by atoms with Crippen molar-refractivity contribution in [3.63, 3.8) is 0 Å². The number of carbonyl (C=O) groups is 1. The molecular weight excluding hydrogens is 246 g/mol. The Kier molecular flexibility index (Phi) is 4.32. The summed E-state index contributed by atoms with van der Waals surface area (Å²) in [7, 11) is 1.95. The van der Waals surface area contributed by atoms with E-state index in [9.17, 15) is 4.79 Å². The van der Waals surface area contributed by atoms with Crippen molar-refractivity contribution < 1.29 is 4.79 Å². The Hall–Kier alpha value is -0.970. The normalized spacial score (nSPS) is 24.3. The first kappa shape index (κ1) is 13.5. The summed E-state index contributed by atoms with van der Waals surface area (Å²) in [5.74, 6) is 0.724. The van der Waals surface area contributed by atoms with Crippen LogP contribution in [0.1, 0.15) is 33.1 Å². The topological polar surface area (TPSA) is 38.1 Å². The monoisotopic (exact) mass is 267 g/mol. The van der Waals surface area contributed by atoms with Crippen molar-refractivity contribution in [3.8, 4) is 0 Å². The van der Waals surface area contributed by atoms with E-state index in [1.54, 1.807) is 6.20 Å². The Morgan fingerprint density at radius 2 is 2.11 bits per heavy atom. The second-order valence-corrected chi connectivity index (χ2v) is 5.98. The van der Waals surface area contributed by atoms with Crippen LogP contribution in [0.4, 0.5) is 0 Å². The third-order valence-corrected chi connectivity index (χ3v) is 4.63. The summed E-state index contributed by atoms with van der Waals surface area (Å²) in [6, 6.07) is 0.756. The number of amides is 1. The molecule has 0 radical (unpaired) electrons. The Labute approximate surface area is 113 Å². The highest BCUT2D eigenvalue weighted by atomic mass is 32.2. The molecular formula is C13H21N3OS. The highest BCUT2D eigenvalue weighted by Gasteiger charge is 2.28. The van der Waals surface area contributed by atoms with Crippen LogP contribution in [0.25, 0.3) is 0 Å². The Balaban J connectivity index is 1.93. The number of thioether (sulfide) groups is 1. The third-order valence-electron chi connectivity index (χ3n) is 3.58. The van der Waals surface area contributed by atoms with Crippen LogP contribution in [-0.4, -0.2) is 38.2 Å². The van der Waals surface area contributed by atoms with Crippen molar-refractivity contribution in [2.45, 2.75) is 50.4 Å². The van der Waals surface area contributed by atoms with Gasteiger partial charge in [0.05, 0.1) is 5.75 Å². The molecule has 2 atom stereocenters. The van der Waals surface area contributed by atoms with Gasteiger partial charge in [-0.3, -0.25) is 4.79 Å². The number of likely N-dealkylation sites (tertiary alicyclic amines) is 1. The van der Waals surface area contributed by atoms with Gasteiger partial charge in [0.2, 0.25) is 5.91 Å². The molecule has 0 spiro atoms. The summed E-state index contributed by atoms with van der Waals surface area (Å²) in [6.07, 6.45) is 7.16. The number of piperidine rings is 1. The van der Waals surface area contributed by atoms with Crippen LogP contribution in [0.5, 0.6) is 0 Å². The fourth-order valence-corrected chi connectivity index (χ4v) is 3.41. The van der Waals surface area contributed by atoms with Crippen LogP contribution < -0.4 is 0 Å². The van der Waals surface area contributed by atoms with E-state index in [2.05, 4.69) is 23.7 Å². The highest BCUT2D eigenvalue weighted by Crippen LogP contribution is 2.24. The van der Waals surface area contributed by atoms with E-state index in [0.717, 1.165) is 18.0 Å². The van der Waals surface area contributed by atoms with Crippen LogP contribution in [0, 0.1) is 0 Å². The van der Waals surface area contributed by atoms with Crippen LogP contribution in [0.15, 0.2) is 17.6 Å². The number of aromatic nitrogens is 2. The molecule has 100 valence electrons. The van der Waals surface area contributed by atoms with E-state index >= 15 is 0 Å². The lowest BCUT2D eigenvalue weighted by Crippen LogP contribution is -2.48. The fourth-order valence-electron chi connectivity index (χ4n) is 2.60. The minimum atomic E-state index is 0.239. The molecule has 0 aromatic carbocycles. The number of rotatable bonds is 3. The van der Waals surface area contributed by atoms with Crippen molar-refractivity contribution in [2.75, 3.05) is 5.75 Å². The number of aryl methyl sites for hydroxylation is 1. The third kappa shape index (κ3) is 2.88. The van der Waals surface area contributed by atoms with Gasteiger partial charge in [0.15, 0.2) is 5.16 Å². The predicted octanol–water partition coefficient (Wildman–Crippen LogP) is 2.30. The Bertz CT molecular complexity index is 408. The van der Waals surface area contributed by atoms with Gasteiger partial charge in [-0.1, -0.05) is 11.8 Å². The number of hydrogen-bond donors (Lipinski definition) is 0. The average molecular weight is 267 g/mol. The molecule has 0 aliphatic carbocycles. The summed E-state index contributed by atoms with van der Waals surface area (Å²) in [5, 5.41) is 0.903. The largest absolute Gasteiger partial charge is 0.337 e. The first-order chi connectivity index (χ1) is 8.59. The van der Waals surface area contributed by atoms with E-state index in [1.165, 1.54) is 18.2 Å². The Morgan fingerprint density at radius 1 is 1.44 bits per heavy atom. The van der Waals surface area contributed by atoms with Crippen molar-refractivity contribution in [3.05, 3.63) is 12.4 Å².